The minimum absolute atomic E-state index is 0.0315. The number of aromatic nitrogens is 1. The van der Waals surface area contributed by atoms with Gasteiger partial charge in [-0.05, 0) is 31.7 Å². The maximum atomic E-state index is 12.7. The first-order chi connectivity index (χ1) is 8.69. The van der Waals surface area contributed by atoms with Crippen LogP contribution in [0, 0.1) is 11.7 Å². The fraction of sp³-hybridized carbons (Fsp3) is 0.500. The highest BCUT2D eigenvalue weighted by atomic mass is 19.1. The van der Waals surface area contributed by atoms with E-state index in [1.807, 2.05) is 0 Å². The van der Waals surface area contributed by atoms with Crippen molar-refractivity contribution in [1.29, 1.82) is 0 Å². The molecule has 0 bridgehead atoms. The van der Waals surface area contributed by atoms with E-state index in [9.17, 15) is 9.18 Å². The molecule has 0 aliphatic heterocycles. The van der Waals surface area contributed by atoms with Gasteiger partial charge in [-0.2, -0.15) is 0 Å². The number of nitrogens with zero attached hydrogens (tertiary/aromatic N) is 1. The van der Waals surface area contributed by atoms with E-state index in [1.165, 1.54) is 12.1 Å². The number of nitrogens with two attached hydrogens (primary N) is 1. The number of hydrazine groups is 1. The van der Waals surface area contributed by atoms with Crippen LogP contribution >= 0.6 is 0 Å². The number of nitrogens with one attached hydrogen (secondary N) is 1. The molecule has 1 aliphatic rings. The molecular formula is C12H16FN3O2. The Bertz CT molecular complexity index is 402. The van der Waals surface area contributed by atoms with Gasteiger partial charge in [-0.1, -0.05) is 0 Å². The van der Waals surface area contributed by atoms with Crippen molar-refractivity contribution in [2.75, 3.05) is 0 Å². The van der Waals surface area contributed by atoms with Crippen LogP contribution in [0.2, 0.25) is 0 Å². The average Bonchev–Trinajstić information content (AvgIpc) is 2.41. The van der Waals surface area contributed by atoms with E-state index >= 15 is 0 Å². The van der Waals surface area contributed by atoms with Crippen molar-refractivity contribution in [3.05, 3.63) is 24.1 Å². The summed E-state index contributed by atoms with van der Waals surface area (Å²) in [6.45, 7) is 0. The second-order valence-electron chi connectivity index (χ2n) is 4.41. The van der Waals surface area contributed by atoms with E-state index in [4.69, 9.17) is 10.6 Å². The molecule has 2 rings (SSSR count). The number of halogens is 1. The highest BCUT2D eigenvalue weighted by Crippen LogP contribution is 2.27. The standard InChI is InChI=1S/C12H16FN3O2/c13-9-3-6-11(15-7-9)18-10-4-1-8(2-5-10)12(17)16-14/h3,6-8,10H,1-2,4-5,14H2,(H,16,17). The van der Waals surface area contributed by atoms with Crippen LogP contribution in [-0.2, 0) is 4.79 Å². The molecular weight excluding hydrogens is 237 g/mol. The van der Waals surface area contributed by atoms with Gasteiger partial charge in [0.25, 0.3) is 0 Å². The van der Waals surface area contributed by atoms with Crippen molar-refractivity contribution in [3.8, 4) is 5.88 Å². The number of rotatable bonds is 3. The second-order valence-corrected chi connectivity index (χ2v) is 4.41. The Morgan fingerprint density at radius 3 is 2.67 bits per heavy atom. The summed E-state index contributed by atoms with van der Waals surface area (Å²) in [6, 6.07) is 2.82. The zero-order chi connectivity index (χ0) is 13.0. The predicted octanol–water partition coefficient (Wildman–Crippen LogP) is 1.15. The van der Waals surface area contributed by atoms with Gasteiger partial charge in [-0.25, -0.2) is 15.2 Å². The maximum Gasteiger partial charge on any atom is 0.236 e. The highest BCUT2D eigenvalue weighted by molar-refractivity contribution is 5.77. The fourth-order valence-electron chi connectivity index (χ4n) is 2.16. The van der Waals surface area contributed by atoms with Gasteiger partial charge in [0.2, 0.25) is 11.8 Å². The van der Waals surface area contributed by atoms with Crippen LogP contribution in [0.15, 0.2) is 18.3 Å². The van der Waals surface area contributed by atoms with Crippen LogP contribution in [0.4, 0.5) is 4.39 Å². The molecule has 1 saturated carbocycles. The topological polar surface area (TPSA) is 77.2 Å². The normalized spacial score (nSPS) is 23.4. The van der Waals surface area contributed by atoms with E-state index < -0.39 is 0 Å². The summed E-state index contributed by atoms with van der Waals surface area (Å²) in [5.41, 5.74) is 2.17. The Hall–Kier alpha value is -1.69. The van der Waals surface area contributed by atoms with Gasteiger partial charge in [0.15, 0.2) is 0 Å². The van der Waals surface area contributed by atoms with Crippen molar-refractivity contribution in [1.82, 2.24) is 10.4 Å². The first kappa shape index (κ1) is 12.8. The maximum absolute atomic E-state index is 12.7. The van der Waals surface area contributed by atoms with Crippen LogP contribution in [0.25, 0.3) is 0 Å². The SMILES string of the molecule is NNC(=O)C1CCC(Oc2ccc(F)cn2)CC1. The van der Waals surface area contributed by atoms with Gasteiger partial charge in [0, 0.05) is 12.0 Å². The van der Waals surface area contributed by atoms with Crippen molar-refractivity contribution in [2.45, 2.75) is 31.8 Å². The summed E-state index contributed by atoms with van der Waals surface area (Å²) in [5.74, 6) is 4.99. The summed E-state index contributed by atoms with van der Waals surface area (Å²) in [6.07, 6.45) is 4.20. The second kappa shape index (κ2) is 5.77. The summed E-state index contributed by atoms with van der Waals surface area (Å²) in [7, 11) is 0. The molecule has 1 aromatic heterocycles. The molecule has 5 nitrogen and oxygen atoms in total. The Morgan fingerprint density at radius 1 is 1.39 bits per heavy atom. The van der Waals surface area contributed by atoms with Crippen LogP contribution in [-0.4, -0.2) is 17.0 Å². The van der Waals surface area contributed by atoms with Crippen molar-refractivity contribution >= 4 is 5.91 Å². The smallest absolute Gasteiger partial charge is 0.236 e. The summed E-state index contributed by atoms with van der Waals surface area (Å²) < 4.78 is 18.3. The first-order valence-corrected chi connectivity index (χ1v) is 5.97. The summed E-state index contributed by atoms with van der Waals surface area (Å²) in [4.78, 5) is 15.2. The van der Waals surface area contributed by atoms with Crippen LogP contribution in [0.5, 0.6) is 5.88 Å². The lowest BCUT2D eigenvalue weighted by molar-refractivity contribution is -0.126. The van der Waals surface area contributed by atoms with Gasteiger partial charge >= 0.3 is 0 Å². The molecule has 0 atom stereocenters. The highest BCUT2D eigenvalue weighted by Gasteiger charge is 2.26. The zero-order valence-electron chi connectivity index (χ0n) is 9.93. The van der Waals surface area contributed by atoms with Crippen molar-refractivity contribution < 1.29 is 13.9 Å². The molecule has 98 valence electrons. The van der Waals surface area contributed by atoms with Crippen molar-refractivity contribution in [3.63, 3.8) is 0 Å². The fourth-order valence-corrected chi connectivity index (χ4v) is 2.16. The molecule has 3 N–H and O–H groups in total. The minimum Gasteiger partial charge on any atom is -0.474 e. The summed E-state index contributed by atoms with van der Waals surface area (Å²) in [5, 5.41) is 0. The number of carbonyl (C=O) groups is 1. The Labute approximate surface area is 105 Å². The molecule has 0 unspecified atom stereocenters. The summed E-state index contributed by atoms with van der Waals surface area (Å²) >= 11 is 0. The third-order valence-corrected chi connectivity index (χ3v) is 3.17. The Kier molecular flexibility index (Phi) is 4.09. The molecule has 0 radical (unpaired) electrons. The lowest BCUT2D eigenvalue weighted by Gasteiger charge is -2.27. The van der Waals surface area contributed by atoms with E-state index in [2.05, 4.69) is 10.4 Å². The predicted molar refractivity (Wildman–Crippen MR) is 62.9 cm³/mol. The number of amides is 1. The number of hydrogen-bond acceptors (Lipinski definition) is 4. The molecule has 1 heterocycles. The number of pyridine rings is 1. The van der Waals surface area contributed by atoms with Gasteiger partial charge in [-0.3, -0.25) is 10.2 Å². The van der Waals surface area contributed by atoms with Crippen LogP contribution < -0.4 is 16.0 Å². The molecule has 1 aliphatic carbocycles. The zero-order valence-corrected chi connectivity index (χ0v) is 9.93. The molecule has 1 amide bonds. The molecule has 1 aromatic rings. The quantitative estimate of drug-likeness (QED) is 0.481. The van der Waals surface area contributed by atoms with Crippen LogP contribution in [0.3, 0.4) is 0 Å². The third kappa shape index (κ3) is 3.16. The molecule has 0 aromatic carbocycles. The van der Waals surface area contributed by atoms with E-state index in [-0.39, 0.29) is 23.7 Å². The van der Waals surface area contributed by atoms with Gasteiger partial charge < -0.3 is 4.74 Å². The Balaban J connectivity index is 1.83. The lowest BCUT2D eigenvalue weighted by atomic mass is 9.87. The third-order valence-electron chi connectivity index (χ3n) is 3.17. The molecule has 1 fully saturated rings. The van der Waals surface area contributed by atoms with Gasteiger partial charge in [-0.15, -0.1) is 0 Å². The minimum atomic E-state index is -0.384. The number of hydrogen-bond donors (Lipinski definition) is 2. The molecule has 18 heavy (non-hydrogen) atoms. The molecule has 6 heteroatoms. The van der Waals surface area contributed by atoms with E-state index in [1.54, 1.807) is 0 Å². The van der Waals surface area contributed by atoms with Crippen molar-refractivity contribution in [2.24, 2.45) is 11.8 Å². The van der Waals surface area contributed by atoms with Gasteiger partial charge in [0.05, 0.1) is 6.20 Å². The van der Waals surface area contributed by atoms with Gasteiger partial charge in [0.1, 0.15) is 11.9 Å². The average molecular weight is 253 g/mol. The number of carbonyl (C=O) groups excluding carboxylic acids is 1. The van der Waals surface area contributed by atoms with Crippen LogP contribution in [0.1, 0.15) is 25.7 Å². The Morgan fingerprint density at radius 2 is 2.11 bits per heavy atom. The van der Waals surface area contributed by atoms with E-state index in [0.717, 1.165) is 31.9 Å². The molecule has 0 spiro atoms. The molecule has 0 saturated heterocycles. The largest absolute Gasteiger partial charge is 0.474 e. The first-order valence-electron chi connectivity index (χ1n) is 5.97. The number of ether oxygens (including phenoxy) is 1. The monoisotopic (exact) mass is 253 g/mol. The van der Waals surface area contributed by atoms with E-state index in [0.29, 0.717) is 5.88 Å². The lowest BCUT2D eigenvalue weighted by Crippen LogP contribution is -2.38.